The summed E-state index contributed by atoms with van der Waals surface area (Å²) in [4.78, 5) is 32.2. The van der Waals surface area contributed by atoms with Gasteiger partial charge in [0.1, 0.15) is 0 Å². The average Bonchev–Trinajstić information content (AvgIpc) is 2.25. The summed E-state index contributed by atoms with van der Waals surface area (Å²) in [7, 11) is 0. The van der Waals surface area contributed by atoms with Gasteiger partial charge < -0.3 is 10.8 Å². The van der Waals surface area contributed by atoms with Gasteiger partial charge in [0.05, 0.1) is 5.29 Å². The van der Waals surface area contributed by atoms with E-state index in [0.29, 0.717) is 0 Å². The van der Waals surface area contributed by atoms with Crippen LogP contribution in [-0.2, 0) is 4.79 Å². The Kier molecular flexibility index (Phi) is 3.54. The van der Waals surface area contributed by atoms with Gasteiger partial charge in [-0.25, -0.2) is 9.59 Å². The van der Waals surface area contributed by atoms with Crippen LogP contribution in [0.15, 0.2) is 35.6 Å². The average molecular weight is 223 g/mol. The molecule has 0 aliphatic rings. The molecule has 3 N–H and O–H groups in total. The normalized spacial score (nSPS) is 11.5. The van der Waals surface area contributed by atoms with Crippen LogP contribution >= 0.6 is 0 Å². The van der Waals surface area contributed by atoms with Crippen molar-refractivity contribution in [1.29, 1.82) is 0 Å². The van der Waals surface area contributed by atoms with Gasteiger partial charge >= 0.3 is 12.0 Å². The molecule has 1 atom stereocenters. The fourth-order valence-corrected chi connectivity index (χ4v) is 1.24. The predicted octanol–water partition coefficient (Wildman–Crippen LogP) is 0.874. The third-order valence-corrected chi connectivity index (χ3v) is 1.91. The number of carboxylic acids is 1. The van der Waals surface area contributed by atoms with Gasteiger partial charge in [0.2, 0.25) is 0 Å². The number of amides is 2. The molecule has 0 aliphatic heterocycles. The van der Waals surface area contributed by atoms with Crippen molar-refractivity contribution >= 4 is 12.0 Å². The first kappa shape index (κ1) is 11.6. The molecule has 7 heteroatoms. The Balaban J connectivity index is 3.14. The Morgan fingerprint density at radius 3 is 2.25 bits per heavy atom. The Bertz CT molecular complexity index is 406. The largest absolute Gasteiger partial charge is 0.479 e. The number of benzene rings is 1. The lowest BCUT2D eigenvalue weighted by atomic mass is 10.1. The van der Waals surface area contributed by atoms with Gasteiger partial charge in [0.15, 0.2) is 6.04 Å². The zero-order valence-corrected chi connectivity index (χ0v) is 8.11. The van der Waals surface area contributed by atoms with E-state index in [1.807, 2.05) is 0 Å². The van der Waals surface area contributed by atoms with Crippen molar-refractivity contribution < 1.29 is 14.7 Å². The minimum absolute atomic E-state index is 0.178. The molecular weight excluding hydrogens is 214 g/mol. The summed E-state index contributed by atoms with van der Waals surface area (Å²) in [5, 5.41) is 11.4. The monoisotopic (exact) mass is 223 g/mol. The van der Waals surface area contributed by atoms with Crippen molar-refractivity contribution in [1.82, 2.24) is 5.01 Å². The van der Waals surface area contributed by atoms with E-state index in [4.69, 9.17) is 10.8 Å². The summed E-state index contributed by atoms with van der Waals surface area (Å²) in [5.41, 5.74) is 5.10. The van der Waals surface area contributed by atoms with E-state index in [2.05, 4.69) is 5.29 Å². The number of nitroso groups, excluding NO2 is 1. The summed E-state index contributed by atoms with van der Waals surface area (Å²) in [6.07, 6.45) is 0. The SMILES string of the molecule is NC(=O)N(N=O)[C@H](C(=O)O)c1ccccc1. The van der Waals surface area contributed by atoms with Crippen LogP contribution in [-0.4, -0.2) is 22.1 Å². The molecule has 16 heavy (non-hydrogen) atoms. The molecule has 0 radical (unpaired) electrons. The molecule has 0 heterocycles. The molecule has 0 bridgehead atoms. The molecule has 1 aromatic carbocycles. The molecule has 0 saturated carbocycles. The van der Waals surface area contributed by atoms with Crippen molar-refractivity contribution in [2.24, 2.45) is 11.0 Å². The maximum Gasteiger partial charge on any atom is 0.338 e. The lowest BCUT2D eigenvalue weighted by molar-refractivity contribution is -0.142. The summed E-state index contributed by atoms with van der Waals surface area (Å²) in [6, 6.07) is 5.03. The first-order chi connectivity index (χ1) is 7.57. The highest BCUT2D eigenvalue weighted by molar-refractivity contribution is 5.82. The molecular formula is C9H9N3O4. The summed E-state index contributed by atoms with van der Waals surface area (Å²) < 4.78 is 0. The molecule has 7 nitrogen and oxygen atoms in total. The van der Waals surface area contributed by atoms with E-state index in [1.54, 1.807) is 18.2 Å². The van der Waals surface area contributed by atoms with E-state index in [1.165, 1.54) is 12.1 Å². The zero-order valence-electron chi connectivity index (χ0n) is 8.11. The molecule has 0 spiro atoms. The second-order valence-corrected chi connectivity index (χ2v) is 2.92. The van der Waals surface area contributed by atoms with Gasteiger partial charge in [0.25, 0.3) is 0 Å². The summed E-state index contributed by atoms with van der Waals surface area (Å²) in [6.45, 7) is 0. The van der Waals surface area contributed by atoms with Crippen LogP contribution in [0.1, 0.15) is 11.6 Å². The van der Waals surface area contributed by atoms with Crippen molar-refractivity contribution in [2.45, 2.75) is 6.04 Å². The van der Waals surface area contributed by atoms with E-state index in [-0.39, 0.29) is 10.6 Å². The Morgan fingerprint density at radius 1 is 1.31 bits per heavy atom. The van der Waals surface area contributed by atoms with Crippen molar-refractivity contribution in [3.63, 3.8) is 0 Å². The molecule has 0 aliphatic carbocycles. The van der Waals surface area contributed by atoms with Gasteiger partial charge in [0, 0.05) is 0 Å². The number of hydrogen-bond acceptors (Lipinski definition) is 4. The van der Waals surface area contributed by atoms with Gasteiger partial charge in [-0.1, -0.05) is 30.3 Å². The lowest BCUT2D eigenvalue weighted by Crippen LogP contribution is -2.38. The minimum atomic E-state index is -1.50. The van der Waals surface area contributed by atoms with Gasteiger partial charge in [-0.15, -0.1) is 4.91 Å². The Labute approximate surface area is 90.4 Å². The smallest absolute Gasteiger partial charge is 0.338 e. The van der Waals surface area contributed by atoms with Crippen molar-refractivity contribution in [2.75, 3.05) is 0 Å². The summed E-state index contributed by atoms with van der Waals surface area (Å²) in [5.74, 6) is -1.38. The van der Waals surface area contributed by atoms with Crippen LogP contribution in [0.5, 0.6) is 0 Å². The van der Waals surface area contributed by atoms with Crippen LogP contribution < -0.4 is 5.73 Å². The lowest BCUT2D eigenvalue weighted by Gasteiger charge is -2.19. The van der Waals surface area contributed by atoms with Gasteiger partial charge in [-0.3, -0.25) is 0 Å². The van der Waals surface area contributed by atoms with Crippen molar-refractivity contribution in [3.8, 4) is 0 Å². The fourth-order valence-electron chi connectivity index (χ4n) is 1.24. The quantitative estimate of drug-likeness (QED) is 0.582. The first-order valence-electron chi connectivity index (χ1n) is 4.27. The fraction of sp³-hybridized carbons (Fsp3) is 0.111. The third kappa shape index (κ3) is 2.32. The van der Waals surface area contributed by atoms with Gasteiger partial charge in [-0.05, 0) is 5.56 Å². The number of nitrogens with zero attached hydrogens (tertiary/aromatic N) is 2. The number of rotatable bonds is 4. The van der Waals surface area contributed by atoms with Crippen LogP contribution in [0, 0.1) is 4.91 Å². The second-order valence-electron chi connectivity index (χ2n) is 2.92. The molecule has 0 saturated heterocycles. The number of aliphatic carboxylic acids is 1. The van der Waals surface area contributed by atoms with E-state index in [0.717, 1.165) is 0 Å². The Morgan fingerprint density at radius 2 is 1.88 bits per heavy atom. The minimum Gasteiger partial charge on any atom is -0.479 e. The third-order valence-electron chi connectivity index (χ3n) is 1.91. The predicted molar refractivity (Wildman–Crippen MR) is 54.0 cm³/mol. The number of urea groups is 1. The molecule has 1 aromatic rings. The molecule has 1 rings (SSSR count). The van der Waals surface area contributed by atoms with E-state index < -0.39 is 18.0 Å². The highest BCUT2D eigenvalue weighted by atomic mass is 16.4. The maximum atomic E-state index is 11.0. The van der Waals surface area contributed by atoms with Gasteiger partial charge in [-0.2, -0.15) is 5.01 Å². The number of primary amides is 1. The van der Waals surface area contributed by atoms with E-state index in [9.17, 15) is 14.5 Å². The Hall–Kier alpha value is -2.44. The van der Waals surface area contributed by atoms with Crippen LogP contribution in [0.4, 0.5) is 4.79 Å². The number of hydrogen-bond donors (Lipinski definition) is 2. The molecule has 0 aromatic heterocycles. The van der Waals surface area contributed by atoms with Crippen LogP contribution in [0.3, 0.4) is 0 Å². The number of nitrogens with two attached hydrogens (primary N) is 1. The topological polar surface area (TPSA) is 113 Å². The number of carboxylic acid groups (broad SMARTS) is 1. The first-order valence-corrected chi connectivity index (χ1v) is 4.27. The molecule has 84 valence electrons. The molecule has 0 fully saturated rings. The number of carbonyl (C=O) groups is 2. The summed E-state index contributed by atoms with van der Waals surface area (Å²) >= 11 is 0. The maximum absolute atomic E-state index is 11.0. The highest BCUT2D eigenvalue weighted by Crippen LogP contribution is 2.20. The highest BCUT2D eigenvalue weighted by Gasteiger charge is 2.31. The van der Waals surface area contributed by atoms with Crippen molar-refractivity contribution in [3.05, 3.63) is 40.8 Å². The second kappa shape index (κ2) is 4.87. The number of carbonyl (C=O) groups excluding carboxylic acids is 1. The van der Waals surface area contributed by atoms with Crippen LogP contribution in [0.2, 0.25) is 0 Å². The van der Waals surface area contributed by atoms with E-state index >= 15 is 0 Å². The van der Waals surface area contributed by atoms with Crippen LogP contribution in [0.25, 0.3) is 0 Å². The molecule has 2 amide bonds. The molecule has 0 unspecified atom stereocenters. The zero-order chi connectivity index (χ0) is 12.1. The standard InChI is InChI=1S/C9H9N3O4/c10-9(15)12(11-16)7(8(13)14)6-4-2-1-3-5-6/h1-5,7H,(H2,10,15)(H,13,14)/t7-/m0/s1.